The van der Waals surface area contributed by atoms with Crippen LogP contribution in [0.15, 0.2) is 12.4 Å². The molecule has 0 bridgehead atoms. The fourth-order valence-electron chi connectivity index (χ4n) is 2.59. The largest absolute Gasteiger partial charge is 0.366 e. The molecule has 0 spiro atoms. The summed E-state index contributed by atoms with van der Waals surface area (Å²) in [6, 6.07) is 2.49. The molecule has 1 N–H and O–H groups in total. The van der Waals surface area contributed by atoms with Crippen molar-refractivity contribution in [3.8, 4) is 0 Å². The van der Waals surface area contributed by atoms with Crippen molar-refractivity contribution >= 4 is 5.82 Å². The van der Waals surface area contributed by atoms with Crippen LogP contribution < -0.4 is 5.32 Å². The molecule has 2 heterocycles. The zero-order chi connectivity index (χ0) is 13.7. The Bertz CT molecular complexity index is 385. The van der Waals surface area contributed by atoms with Crippen LogP contribution in [-0.4, -0.2) is 40.5 Å². The molecule has 0 aliphatic carbocycles. The van der Waals surface area contributed by atoms with Crippen molar-refractivity contribution in [3.63, 3.8) is 0 Å². The maximum Gasteiger partial charge on any atom is 0.129 e. The van der Waals surface area contributed by atoms with Crippen LogP contribution in [0.5, 0.6) is 0 Å². The topological polar surface area (TPSA) is 41.0 Å². The highest BCUT2D eigenvalue weighted by atomic mass is 15.2. The highest BCUT2D eigenvalue weighted by molar-refractivity contribution is 5.36. The van der Waals surface area contributed by atoms with E-state index in [2.05, 4.69) is 47.0 Å². The zero-order valence-electron chi connectivity index (χ0n) is 12.4. The molecule has 0 saturated carbocycles. The predicted octanol–water partition coefficient (Wildman–Crippen LogP) is 2.89. The molecule has 1 fully saturated rings. The lowest BCUT2D eigenvalue weighted by Crippen LogP contribution is -2.38. The first-order valence-electron chi connectivity index (χ1n) is 7.46. The molecule has 4 nitrogen and oxygen atoms in total. The van der Waals surface area contributed by atoms with Crippen LogP contribution in [0.4, 0.5) is 5.82 Å². The molecule has 1 unspecified atom stereocenters. The van der Waals surface area contributed by atoms with Gasteiger partial charge in [0.15, 0.2) is 0 Å². The lowest BCUT2D eigenvalue weighted by atomic mass is 10.1. The van der Waals surface area contributed by atoms with Gasteiger partial charge < -0.3 is 10.2 Å². The minimum absolute atomic E-state index is 0.424. The second kappa shape index (κ2) is 6.85. The van der Waals surface area contributed by atoms with E-state index in [-0.39, 0.29) is 0 Å². The molecule has 106 valence electrons. The summed E-state index contributed by atoms with van der Waals surface area (Å²) in [5.41, 5.74) is 1.10. The van der Waals surface area contributed by atoms with Gasteiger partial charge >= 0.3 is 0 Å². The smallest absolute Gasteiger partial charge is 0.129 e. The monoisotopic (exact) mass is 262 g/mol. The number of hydrogen-bond acceptors (Lipinski definition) is 4. The molecule has 2 rings (SSSR count). The van der Waals surface area contributed by atoms with Gasteiger partial charge in [0, 0.05) is 24.3 Å². The van der Waals surface area contributed by atoms with Gasteiger partial charge in [-0.3, -0.25) is 0 Å². The van der Waals surface area contributed by atoms with Crippen molar-refractivity contribution in [2.45, 2.75) is 52.0 Å². The van der Waals surface area contributed by atoms with E-state index in [9.17, 15) is 0 Å². The van der Waals surface area contributed by atoms with Crippen molar-refractivity contribution in [2.75, 3.05) is 25.0 Å². The fourth-order valence-corrected chi connectivity index (χ4v) is 2.59. The van der Waals surface area contributed by atoms with Gasteiger partial charge in [-0.1, -0.05) is 20.3 Å². The fraction of sp³-hybridized carbons (Fsp3) is 0.733. The van der Waals surface area contributed by atoms with Crippen LogP contribution in [0.1, 0.15) is 51.6 Å². The number of hydrogen-bond donors (Lipinski definition) is 1. The van der Waals surface area contributed by atoms with Gasteiger partial charge in [0.1, 0.15) is 12.1 Å². The first-order chi connectivity index (χ1) is 9.15. The summed E-state index contributed by atoms with van der Waals surface area (Å²) < 4.78 is 0. The molecule has 0 amide bonds. The zero-order valence-corrected chi connectivity index (χ0v) is 12.4. The van der Waals surface area contributed by atoms with E-state index >= 15 is 0 Å². The summed E-state index contributed by atoms with van der Waals surface area (Å²) in [5.74, 6) is 1.39. The van der Waals surface area contributed by atoms with Gasteiger partial charge in [0.2, 0.25) is 0 Å². The van der Waals surface area contributed by atoms with Crippen molar-refractivity contribution in [2.24, 2.45) is 0 Å². The van der Waals surface area contributed by atoms with E-state index in [0.29, 0.717) is 12.0 Å². The van der Waals surface area contributed by atoms with Gasteiger partial charge in [0.25, 0.3) is 0 Å². The van der Waals surface area contributed by atoms with Gasteiger partial charge in [-0.05, 0) is 38.8 Å². The van der Waals surface area contributed by atoms with Crippen LogP contribution in [-0.2, 0) is 0 Å². The number of nitrogens with zero attached hydrogens (tertiary/aromatic N) is 3. The Morgan fingerprint density at radius 3 is 2.58 bits per heavy atom. The maximum atomic E-state index is 4.31. The Kier molecular flexibility index (Phi) is 5.14. The number of rotatable bonds is 5. The Labute approximate surface area is 116 Å². The number of anilines is 1. The second-order valence-electron chi connectivity index (χ2n) is 5.89. The summed E-state index contributed by atoms with van der Waals surface area (Å²) in [6.45, 7) is 10.1. The van der Waals surface area contributed by atoms with Crippen LogP contribution in [0.2, 0.25) is 0 Å². The first kappa shape index (κ1) is 14.3. The Morgan fingerprint density at radius 2 is 1.89 bits per heavy atom. The van der Waals surface area contributed by atoms with E-state index < -0.39 is 0 Å². The molecular weight excluding hydrogens is 236 g/mol. The molecule has 4 heteroatoms. The first-order valence-corrected chi connectivity index (χ1v) is 7.46. The van der Waals surface area contributed by atoms with E-state index in [0.717, 1.165) is 18.1 Å². The van der Waals surface area contributed by atoms with Crippen LogP contribution in [0.25, 0.3) is 0 Å². The lowest BCUT2D eigenvalue weighted by molar-refractivity contribution is 0.223. The average molecular weight is 262 g/mol. The van der Waals surface area contributed by atoms with Crippen LogP contribution in [0, 0.1) is 0 Å². The molecular formula is C15H26N4. The van der Waals surface area contributed by atoms with Gasteiger partial charge in [-0.15, -0.1) is 0 Å². The van der Waals surface area contributed by atoms with Crippen molar-refractivity contribution in [1.82, 2.24) is 14.9 Å². The molecule has 1 atom stereocenters. The average Bonchev–Trinajstić information content (AvgIpc) is 2.40. The van der Waals surface area contributed by atoms with E-state index in [1.54, 1.807) is 6.33 Å². The third-order valence-corrected chi connectivity index (χ3v) is 3.65. The molecule has 1 aromatic rings. The van der Waals surface area contributed by atoms with Crippen LogP contribution >= 0.6 is 0 Å². The Morgan fingerprint density at radius 1 is 1.16 bits per heavy atom. The van der Waals surface area contributed by atoms with Gasteiger partial charge in [0.05, 0.1) is 0 Å². The normalized spacial score (nSPS) is 18.5. The highest BCUT2D eigenvalue weighted by Crippen LogP contribution is 2.15. The van der Waals surface area contributed by atoms with Crippen molar-refractivity contribution in [1.29, 1.82) is 0 Å². The van der Waals surface area contributed by atoms with E-state index in [4.69, 9.17) is 0 Å². The summed E-state index contributed by atoms with van der Waals surface area (Å²) >= 11 is 0. The minimum atomic E-state index is 0.424. The lowest BCUT2D eigenvalue weighted by Gasteiger charge is -2.29. The predicted molar refractivity (Wildman–Crippen MR) is 79.5 cm³/mol. The number of aromatic nitrogens is 2. The summed E-state index contributed by atoms with van der Waals surface area (Å²) in [6.07, 6.45) is 5.74. The standard InChI is InChI=1S/C15H26N4/c1-12(2)14-9-15(17-11-16-14)18-13(3)10-19-7-5-4-6-8-19/h9,11-13H,4-8,10H2,1-3H3,(H,16,17,18). The third kappa shape index (κ3) is 4.46. The van der Waals surface area contributed by atoms with Crippen molar-refractivity contribution in [3.05, 3.63) is 18.1 Å². The SMILES string of the molecule is CC(CN1CCCCC1)Nc1cc(C(C)C)ncn1. The Hall–Kier alpha value is -1.16. The minimum Gasteiger partial charge on any atom is -0.366 e. The molecule has 1 aromatic heterocycles. The number of likely N-dealkylation sites (tertiary alicyclic amines) is 1. The molecule has 0 aromatic carbocycles. The number of piperidine rings is 1. The third-order valence-electron chi connectivity index (χ3n) is 3.65. The summed E-state index contributed by atoms with van der Waals surface area (Å²) in [5, 5.41) is 3.49. The molecule has 1 aliphatic rings. The molecule has 1 aliphatic heterocycles. The molecule has 0 radical (unpaired) electrons. The van der Waals surface area contributed by atoms with E-state index in [1.165, 1.54) is 32.4 Å². The highest BCUT2D eigenvalue weighted by Gasteiger charge is 2.13. The van der Waals surface area contributed by atoms with Gasteiger partial charge in [-0.25, -0.2) is 9.97 Å². The maximum absolute atomic E-state index is 4.31. The molecule has 19 heavy (non-hydrogen) atoms. The van der Waals surface area contributed by atoms with Crippen molar-refractivity contribution < 1.29 is 0 Å². The van der Waals surface area contributed by atoms with E-state index in [1.807, 2.05) is 0 Å². The Balaban J connectivity index is 1.87. The summed E-state index contributed by atoms with van der Waals surface area (Å²) in [7, 11) is 0. The molecule has 1 saturated heterocycles. The quantitative estimate of drug-likeness (QED) is 0.886. The number of nitrogens with one attached hydrogen (secondary N) is 1. The van der Waals surface area contributed by atoms with Crippen LogP contribution in [0.3, 0.4) is 0 Å². The second-order valence-corrected chi connectivity index (χ2v) is 5.89. The van der Waals surface area contributed by atoms with Gasteiger partial charge in [-0.2, -0.15) is 0 Å². The summed E-state index contributed by atoms with van der Waals surface area (Å²) in [4.78, 5) is 11.2.